The summed E-state index contributed by atoms with van der Waals surface area (Å²) >= 11 is 0. The maximum Gasteiger partial charge on any atom is 0.414 e. The molecule has 2 N–H and O–H groups in total. The molecule has 2 aromatic heterocycles. The minimum Gasteiger partial charge on any atom is -0.462 e. The van der Waals surface area contributed by atoms with E-state index in [0.29, 0.717) is 28.3 Å². The molecule has 1 aliphatic rings. The van der Waals surface area contributed by atoms with Crippen LogP contribution in [0.5, 0.6) is 0 Å². The number of tetrazole rings is 1. The lowest BCUT2D eigenvalue weighted by atomic mass is 10.1. The minimum absolute atomic E-state index is 0. The van der Waals surface area contributed by atoms with Gasteiger partial charge in [-0.2, -0.15) is 4.80 Å². The van der Waals surface area contributed by atoms with Gasteiger partial charge in [-0.1, -0.05) is 6.07 Å². The van der Waals surface area contributed by atoms with Gasteiger partial charge in [-0.3, -0.25) is 14.7 Å². The highest BCUT2D eigenvalue weighted by Crippen LogP contribution is 2.29. The third kappa shape index (κ3) is 5.41. The van der Waals surface area contributed by atoms with E-state index in [4.69, 9.17) is 15.2 Å². The van der Waals surface area contributed by atoms with Gasteiger partial charge in [0.15, 0.2) is 6.10 Å². The number of aryl methyl sites for hydroxylation is 1. The van der Waals surface area contributed by atoms with Crippen molar-refractivity contribution in [2.45, 2.75) is 12.5 Å². The lowest BCUT2D eigenvalue weighted by Crippen LogP contribution is -2.27. The zero-order chi connectivity index (χ0) is 22.7. The van der Waals surface area contributed by atoms with Crippen molar-refractivity contribution in [3.05, 3.63) is 42.3 Å². The number of halogens is 2. The van der Waals surface area contributed by atoms with E-state index in [9.17, 15) is 14.0 Å². The molecule has 33 heavy (non-hydrogen) atoms. The summed E-state index contributed by atoms with van der Waals surface area (Å²) in [5, 5.41) is 11.7. The number of hydrogen-bond acceptors (Lipinski definition) is 9. The van der Waals surface area contributed by atoms with E-state index >= 15 is 0 Å². The Labute approximate surface area is 194 Å². The summed E-state index contributed by atoms with van der Waals surface area (Å²) in [5.74, 6) is -0.627. The van der Waals surface area contributed by atoms with E-state index in [1.165, 1.54) is 22.0 Å². The Morgan fingerprint density at radius 2 is 2.15 bits per heavy atom. The quantitative estimate of drug-likeness (QED) is 0.504. The molecule has 11 nitrogen and oxygen atoms in total. The Hall–Kier alpha value is -3.64. The third-order valence-electron chi connectivity index (χ3n) is 4.73. The van der Waals surface area contributed by atoms with Gasteiger partial charge in [0.1, 0.15) is 18.1 Å². The molecule has 1 amide bonds. The number of rotatable bonds is 7. The van der Waals surface area contributed by atoms with Gasteiger partial charge in [0, 0.05) is 23.9 Å². The number of nitrogens with zero attached hydrogens (tertiary/aromatic N) is 6. The Bertz CT molecular complexity index is 1140. The van der Waals surface area contributed by atoms with E-state index in [-0.39, 0.29) is 38.5 Å². The summed E-state index contributed by atoms with van der Waals surface area (Å²) in [6.07, 6.45) is 0.319. The molecule has 0 saturated carbocycles. The largest absolute Gasteiger partial charge is 0.462 e. The topological polar surface area (TPSA) is 138 Å². The van der Waals surface area contributed by atoms with Gasteiger partial charge in [0.25, 0.3) is 0 Å². The lowest BCUT2D eigenvalue weighted by molar-refractivity contribution is -0.145. The normalized spacial score (nSPS) is 15.2. The van der Waals surface area contributed by atoms with Crippen molar-refractivity contribution in [3.8, 4) is 22.6 Å². The number of cyclic esters (lactones) is 1. The van der Waals surface area contributed by atoms with Crippen molar-refractivity contribution < 1.29 is 23.5 Å². The van der Waals surface area contributed by atoms with Gasteiger partial charge in [0.05, 0.1) is 25.7 Å². The van der Waals surface area contributed by atoms with Crippen molar-refractivity contribution in [3.63, 3.8) is 0 Å². The van der Waals surface area contributed by atoms with Gasteiger partial charge in [-0.15, -0.1) is 22.6 Å². The Morgan fingerprint density at radius 3 is 2.79 bits per heavy atom. The standard InChI is InChI=1S/C20H20FN7O4.ClH/c1-27-25-19(24-26-27)17-5-2-12(9-23-17)15-4-3-13(8-16(15)21)28-10-14(32-20(28)30)11-31-18(29)6-7-22;/h2-5,8-9,14H,6-7,10-11,22H2,1H3;1H/t14-;/m1./s1. The van der Waals surface area contributed by atoms with Crippen LogP contribution in [0.15, 0.2) is 36.5 Å². The number of esters is 1. The molecule has 174 valence electrons. The highest BCUT2D eigenvalue weighted by molar-refractivity contribution is 5.90. The van der Waals surface area contributed by atoms with Gasteiger partial charge in [0.2, 0.25) is 5.82 Å². The first-order valence-corrected chi connectivity index (χ1v) is 9.79. The molecule has 1 atom stereocenters. The highest BCUT2D eigenvalue weighted by Gasteiger charge is 2.33. The van der Waals surface area contributed by atoms with Crippen molar-refractivity contribution in [2.75, 3.05) is 24.6 Å². The Morgan fingerprint density at radius 1 is 1.33 bits per heavy atom. The van der Waals surface area contributed by atoms with Crippen molar-refractivity contribution in [1.29, 1.82) is 0 Å². The van der Waals surface area contributed by atoms with E-state index in [1.54, 1.807) is 31.3 Å². The molecule has 1 fully saturated rings. The van der Waals surface area contributed by atoms with Crippen LogP contribution in [0.1, 0.15) is 6.42 Å². The van der Waals surface area contributed by atoms with Gasteiger partial charge < -0.3 is 15.2 Å². The average molecular weight is 478 g/mol. The van der Waals surface area contributed by atoms with Crippen molar-refractivity contribution >= 4 is 30.2 Å². The molecular formula is C20H21ClFN7O4. The second-order valence-electron chi connectivity index (χ2n) is 7.04. The summed E-state index contributed by atoms with van der Waals surface area (Å²) in [6.45, 7) is 0.228. The molecule has 4 rings (SSSR count). The van der Waals surface area contributed by atoms with Crippen LogP contribution >= 0.6 is 12.4 Å². The molecule has 0 bridgehead atoms. The van der Waals surface area contributed by atoms with Crippen molar-refractivity contribution in [1.82, 2.24) is 25.2 Å². The number of nitrogens with two attached hydrogens (primary N) is 1. The summed E-state index contributed by atoms with van der Waals surface area (Å²) in [4.78, 5) is 30.5. The molecule has 1 saturated heterocycles. The number of anilines is 1. The van der Waals surface area contributed by atoms with Crippen LogP contribution in [-0.4, -0.2) is 63.1 Å². The molecule has 0 spiro atoms. The number of carbonyl (C=O) groups excluding carboxylic acids is 2. The molecule has 3 heterocycles. The van der Waals surface area contributed by atoms with Crippen LogP contribution < -0.4 is 10.6 Å². The molecule has 1 aromatic carbocycles. The maximum absolute atomic E-state index is 14.9. The fraction of sp³-hybridized carbons (Fsp3) is 0.300. The summed E-state index contributed by atoms with van der Waals surface area (Å²) in [7, 11) is 1.65. The fourth-order valence-electron chi connectivity index (χ4n) is 3.17. The van der Waals surface area contributed by atoms with Crippen LogP contribution in [0.2, 0.25) is 0 Å². The molecule has 0 radical (unpaired) electrons. The van der Waals surface area contributed by atoms with Crippen LogP contribution in [-0.2, 0) is 21.3 Å². The van der Waals surface area contributed by atoms with Crippen LogP contribution in [0.4, 0.5) is 14.9 Å². The van der Waals surface area contributed by atoms with E-state index in [1.807, 2.05) is 0 Å². The Balaban J connectivity index is 0.00000306. The zero-order valence-corrected chi connectivity index (χ0v) is 18.4. The third-order valence-corrected chi connectivity index (χ3v) is 4.73. The summed E-state index contributed by atoms with van der Waals surface area (Å²) < 4.78 is 25.1. The minimum atomic E-state index is -0.640. The van der Waals surface area contributed by atoms with E-state index in [0.717, 1.165) is 0 Å². The van der Waals surface area contributed by atoms with Crippen LogP contribution in [0.3, 0.4) is 0 Å². The molecule has 0 aliphatic carbocycles. The number of aromatic nitrogens is 5. The molecule has 1 aliphatic heterocycles. The van der Waals surface area contributed by atoms with Crippen LogP contribution in [0, 0.1) is 5.82 Å². The van der Waals surface area contributed by atoms with Crippen molar-refractivity contribution in [2.24, 2.45) is 12.8 Å². The SMILES string of the molecule is Cl.Cn1nnc(-c2ccc(-c3ccc(N4C[C@H](COC(=O)CCN)OC4=O)cc3F)cn2)n1. The average Bonchev–Trinajstić information content (AvgIpc) is 3.38. The first-order chi connectivity index (χ1) is 15.4. The Kier molecular flexibility index (Phi) is 7.51. The summed E-state index contributed by atoms with van der Waals surface area (Å²) in [6, 6.07) is 7.79. The second-order valence-corrected chi connectivity index (χ2v) is 7.04. The maximum atomic E-state index is 14.9. The first-order valence-electron chi connectivity index (χ1n) is 9.79. The second kappa shape index (κ2) is 10.3. The van der Waals surface area contributed by atoms with E-state index in [2.05, 4.69) is 20.4 Å². The fourth-order valence-corrected chi connectivity index (χ4v) is 3.17. The van der Waals surface area contributed by atoms with Gasteiger partial charge in [-0.05, 0) is 29.5 Å². The monoisotopic (exact) mass is 477 g/mol. The zero-order valence-electron chi connectivity index (χ0n) is 17.5. The predicted octanol–water partition coefficient (Wildman–Crippen LogP) is 1.72. The van der Waals surface area contributed by atoms with Gasteiger partial charge in [-0.25, -0.2) is 9.18 Å². The first kappa shape index (κ1) is 24.0. The van der Waals surface area contributed by atoms with E-state index < -0.39 is 24.0 Å². The van der Waals surface area contributed by atoms with Crippen LogP contribution in [0.25, 0.3) is 22.6 Å². The molecular weight excluding hydrogens is 457 g/mol. The number of benzene rings is 1. The predicted molar refractivity (Wildman–Crippen MR) is 117 cm³/mol. The number of hydrogen-bond donors (Lipinski definition) is 1. The number of ether oxygens (including phenoxy) is 2. The molecule has 0 unspecified atom stereocenters. The summed E-state index contributed by atoms with van der Waals surface area (Å²) in [5.41, 5.74) is 7.01. The van der Waals surface area contributed by atoms with Gasteiger partial charge >= 0.3 is 12.1 Å². The molecule has 13 heteroatoms. The lowest BCUT2D eigenvalue weighted by Gasteiger charge is -2.14. The number of amides is 1. The highest BCUT2D eigenvalue weighted by atomic mass is 35.5. The number of carbonyl (C=O) groups is 2. The molecule has 3 aromatic rings. The number of pyridine rings is 1. The smallest absolute Gasteiger partial charge is 0.414 e.